The van der Waals surface area contributed by atoms with Gasteiger partial charge < -0.3 is 20.7 Å². The molecule has 37 heavy (non-hydrogen) atoms. The first-order valence-corrected chi connectivity index (χ1v) is 11.7. The van der Waals surface area contributed by atoms with Crippen LogP contribution >= 0.6 is 11.6 Å². The first-order chi connectivity index (χ1) is 17.7. The second-order valence-electron chi connectivity index (χ2n) is 8.46. The van der Waals surface area contributed by atoms with Crippen molar-refractivity contribution in [2.45, 2.75) is 32.0 Å². The number of aromatic nitrogens is 2. The summed E-state index contributed by atoms with van der Waals surface area (Å²) in [6, 6.07) is 9.05. The fourth-order valence-electron chi connectivity index (χ4n) is 3.84. The van der Waals surface area contributed by atoms with E-state index in [1.807, 2.05) is 0 Å². The van der Waals surface area contributed by atoms with Gasteiger partial charge in [0.25, 0.3) is 5.91 Å². The summed E-state index contributed by atoms with van der Waals surface area (Å²) in [4.78, 5) is 50.7. The number of hydrogen-bond acceptors (Lipinski definition) is 6. The molecular weight excluding hydrogens is 507 g/mol. The monoisotopic (exact) mass is 530 g/mol. The molecule has 0 saturated heterocycles. The number of hydrogen-bond donors (Lipinski definition) is 3. The van der Waals surface area contributed by atoms with Crippen molar-refractivity contribution in [3.05, 3.63) is 58.5 Å². The quantitative estimate of drug-likeness (QED) is 0.387. The normalized spacial score (nSPS) is 12.7. The van der Waals surface area contributed by atoms with Crippen LogP contribution in [0.2, 0.25) is 5.02 Å². The van der Waals surface area contributed by atoms with Crippen LogP contribution in [-0.4, -0.2) is 58.2 Å². The molecule has 0 bridgehead atoms. The van der Waals surface area contributed by atoms with E-state index in [2.05, 4.69) is 20.5 Å². The van der Waals surface area contributed by atoms with E-state index in [9.17, 15) is 23.6 Å². The second-order valence-corrected chi connectivity index (χ2v) is 8.87. The largest absolute Gasteiger partial charge is 0.453 e. The highest BCUT2D eigenvalue weighted by molar-refractivity contribution is 6.30. The van der Waals surface area contributed by atoms with Gasteiger partial charge in [-0.2, -0.15) is 5.10 Å². The molecule has 2 aromatic carbocycles. The molecule has 1 fully saturated rings. The number of halogens is 2. The number of rotatable bonds is 9. The predicted octanol–water partition coefficient (Wildman–Crippen LogP) is 2.41. The van der Waals surface area contributed by atoms with Gasteiger partial charge in [0, 0.05) is 29.2 Å². The lowest BCUT2D eigenvalue weighted by atomic mass is 10.2. The molecule has 1 aliphatic carbocycles. The van der Waals surface area contributed by atoms with E-state index >= 15 is 0 Å². The molecular formula is C24H24ClFN6O5. The van der Waals surface area contributed by atoms with Gasteiger partial charge in [0.05, 0.1) is 24.2 Å². The number of methoxy groups -OCH3 is 1. The maximum atomic E-state index is 14.1. The second kappa shape index (κ2) is 10.8. The Bertz CT molecular complexity index is 1390. The van der Waals surface area contributed by atoms with Crippen LogP contribution in [0, 0.1) is 5.82 Å². The average Bonchev–Trinajstić information content (AvgIpc) is 3.65. The molecule has 0 spiro atoms. The zero-order valence-corrected chi connectivity index (χ0v) is 20.5. The topological polar surface area (TPSA) is 149 Å². The van der Waals surface area contributed by atoms with Crippen LogP contribution in [0.1, 0.15) is 28.9 Å². The number of primary amides is 1. The van der Waals surface area contributed by atoms with Crippen LogP contribution in [0.25, 0.3) is 10.9 Å². The Kier molecular flexibility index (Phi) is 7.58. The van der Waals surface area contributed by atoms with Crippen molar-refractivity contribution in [1.82, 2.24) is 20.0 Å². The number of carbonyl (C=O) groups is 4. The van der Waals surface area contributed by atoms with Crippen molar-refractivity contribution < 1.29 is 28.3 Å². The third-order valence-corrected chi connectivity index (χ3v) is 6.12. The minimum atomic E-state index is -0.807. The van der Waals surface area contributed by atoms with Gasteiger partial charge in [-0.1, -0.05) is 23.7 Å². The van der Waals surface area contributed by atoms with Gasteiger partial charge in [-0.05, 0) is 37.1 Å². The van der Waals surface area contributed by atoms with Crippen LogP contribution in [0.15, 0.2) is 36.4 Å². The molecule has 13 heteroatoms. The fourth-order valence-corrected chi connectivity index (χ4v) is 4.04. The Morgan fingerprint density at radius 3 is 2.68 bits per heavy atom. The van der Waals surface area contributed by atoms with Crippen LogP contribution in [-0.2, 0) is 27.4 Å². The zero-order chi connectivity index (χ0) is 26.7. The minimum Gasteiger partial charge on any atom is -0.453 e. The number of carbonyl (C=O) groups excluding carboxylic acids is 4. The molecule has 1 aromatic heterocycles. The van der Waals surface area contributed by atoms with E-state index in [4.69, 9.17) is 17.3 Å². The van der Waals surface area contributed by atoms with Crippen molar-refractivity contribution >= 4 is 52.0 Å². The van der Waals surface area contributed by atoms with E-state index in [0.717, 1.165) is 12.8 Å². The Hall–Kier alpha value is -4.19. The third-order valence-electron chi connectivity index (χ3n) is 5.83. The van der Waals surface area contributed by atoms with E-state index in [1.165, 1.54) is 34.9 Å². The molecule has 1 aliphatic rings. The number of nitrogens with zero attached hydrogens (tertiary/aromatic N) is 3. The Morgan fingerprint density at radius 1 is 1.24 bits per heavy atom. The van der Waals surface area contributed by atoms with Gasteiger partial charge in [-0.3, -0.25) is 24.4 Å². The van der Waals surface area contributed by atoms with E-state index in [0.29, 0.717) is 16.6 Å². The summed E-state index contributed by atoms with van der Waals surface area (Å²) in [6.07, 6.45) is 0.798. The standard InChI is InChI=1S/C24H24ClFN6O5/c1-37-24(36)29-14-5-8-18-16(9-14)22(23(27)35)30-32(18)12-20(34)31(15-6-7-15)11-19(33)28-10-13-3-2-4-17(25)21(13)26/h2-5,8-9,15H,6-7,10-12H2,1H3,(H2,27,35)(H,28,33)(H,29,36). The van der Waals surface area contributed by atoms with Gasteiger partial charge in [0.2, 0.25) is 11.8 Å². The maximum Gasteiger partial charge on any atom is 0.411 e. The van der Waals surface area contributed by atoms with Gasteiger partial charge >= 0.3 is 6.09 Å². The van der Waals surface area contributed by atoms with Crippen molar-refractivity contribution in [2.75, 3.05) is 19.0 Å². The van der Waals surface area contributed by atoms with Crippen LogP contribution < -0.4 is 16.4 Å². The van der Waals surface area contributed by atoms with Gasteiger partial charge in [-0.25, -0.2) is 9.18 Å². The molecule has 194 valence electrons. The minimum absolute atomic E-state index is 0.0449. The highest BCUT2D eigenvalue weighted by Crippen LogP contribution is 2.28. The molecule has 0 aliphatic heterocycles. The third kappa shape index (κ3) is 5.97. The lowest BCUT2D eigenvalue weighted by molar-refractivity contribution is -0.137. The summed E-state index contributed by atoms with van der Waals surface area (Å²) >= 11 is 5.78. The average molecular weight is 531 g/mol. The molecule has 0 atom stereocenters. The van der Waals surface area contributed by atoms with Crippen molar-refractivity contribution in [1.29, 1.82) is 0 Å². The smallest absolute Gasteiger partial charge is 0.411 e. The van der Waals surface area contributed by atoms with Crippen molar-refractivity contribution in [3.8, 4) is 0 Å². The lowest BCUT2D eigenvalue weighted by Gasteiger charge is -2.22. The first-order valence-electron chi connectivity index (χ1n) is 11.3. The van der Waals surface area contributed by atoms with Crippen LogP contribution in [0.5, 0.6) is 0 Å². The molecule has 1 heterocycles. The number of anilines is 1. The predicted molar refractivity (Wildman–Crippen MR) is 132 cm³/mol. The summed E-state index contributed by atoms with van der Waals surface area (Å²) in [7, 11) is 1.22. The number of nitrogens with two attached hydrogens (primary N) is 1. The number of nitrogens with one attached hydrogen (secondary N) is 2. The highest BCUT2D eigenvalue weighted by atomic mass is 35.5. The van der Waals surface area contributed by atoms with Crippen LogP contribution in [0.4, 0.5) is 14.9 Å². The van der Waals surface area contributed by atoms with E-state index < -0.39 is 23.7 Å². The maximum absolute atomic E-state index is 14.1. The number of fused-ring (bicyclic) bond motifs is 1. The van der Waals surface area contributed by atoms with Gasteiger partial charge in [-0.15, -0.1) is 0 Å². The Labute approximate surface area is 215 Å². The fraction of sp³-hybridized carbons (Fsp3) is 0.292. The molecule has 4 rings (SSSR count). The van der Waals surface area contributed by atoms with E-state index in [1.54, 1.807) is 18.2 Å². The molecule has 1 saturated carbocycles. The van der Waals surface area contributed by atoms with Crippen LogP contribution in [0.3, 0.4) is 0 Å². The zero-order valence-electron chi connectivity index (χ0n) is 19.8. The van der Waals surface area contributed by atoms with E-state index in [-0.39, 0.29) is 47.9 Å². The van der Waals surface area contributed by atoms with Gasteiger partial charge in [0.1, 0.15) is 12.4 Å². The molecule has 11 nitrogen and oxygen atoms in total. The molecule has 0 radical (unpaired) electrons. The summed E-state index contributed by atoms with van der Waals surface area (Å²) in [5, 5.41) is 9.60. The molecule has 0 unspecified atom stereocenters. The van der Waals surface area contributed by atoms with Crippen molar-refractivity contribution in [2.24, 2.45) is 5.73 Å². The number of amides is 4. The first kappa shape index (κ1) is 25.9. The Balaban J connectivity index is 1.48. The Morgan fingerprint density at radius 2 is 2.00 bits per heavy atom. The molecule has 4 amide bonds. The number of benzene rings is 2. The summed E-state index contributed by atoms with van der Waals surface area (Å²) in [5.74, 6) is -2.26. The lowest BCUT2D eigenvalue weighted by Crippen LogP contribution is -2.43. The summed E-state index contributed by atoms with van der Waals surface area (Å²) in [6.45, 7) is -0.549. The summed E-state index contributed by atoms with van der Waals surface area (Å²) in [5.41, 5.74) is 6.42. The molecule has 3 aromatic rings. The molecule has 4 N–H and O–H groups in total. The highest BCUT2D eigenvalue weighted by Gasteiger charge is 2.34. The number of ether oxygens (including phenoxy) is 1. The van der Waals surface area contributed by atoms with Gasteiger partial charge in [0.15, 0.2) is 5.69 Å². The SMILES string of the molecule is COC(=O)Nc1ccc2c(c1)c(C(N)=O)nn2CC(=O)N(CC(=O)NCc1cccc(Cl)c1F)C1CC1. The summed E-state index contributed by atoms with van der Waals surface area (Å²) < 4.78 is 20.0. The van der Waals surface area contributed by atoms with Crippen molar-refractivity contribution in [3.63, 3.8) is 0 Å².